The van der Waals surface area contributed by atoms with Gasteiger partial charge in [0.05, 0.1) is 5.52 Å². The average molecular weight is 300 g/mol. The van der Waals surface area contributed by atoms with Crippen LogP contribution in [0.3, 0.4) is 0 Å². The first-order chi connectivity index (χ1) is 10.6. The number of ether oxygens (including phenoxy) is 1. The van der Waals surface area contributed by atoms with Crippen molar-refractivity contribution in [2.75, 3.05) is 6.61 Å². The van der Waals surface area contributed by atoms with Crippen LogP contribution in [-0.2, 0) is 11.8 Å². The second-order valence-electron chi connectivity index (χ2n) is 5.76. The number of hydrogen-bond donors (Lipinski definition) is 1. The van der Waals surface area contributed by atoms with E-state index in [1.54, 1.807) is 11.6 Å². The highest BCUT2D eigenvalue weighted by molar-refractivity contribution is 5.86. The molecule has 0 radical (unpaired) electrons. The lowest BCUT2D eigenvalue weighted by Gasteiger charge is -2.14. The Balaban J connectivity index is 1.75. The molecule has 116 valence electrons. The van der Waals surface area contributed by atoms with E-state index in [1.807, 2.05) is 24.3 Å². The molecule has 1 aromatic heterocycles. The fourth-order valence-corrected chi connectivity index (χ4v) is 2.98. The Morgan fingerprint density at radius 3 is 2.82 bits per heavy atom. The van der Waals surface area contributed by atoms with E-state index in [1.165, 1.54) is 18.9 Å². The van der Waals surface area contributed by atoms with Gasteiger partial charge in [-0.05, 0) is 25.0 Å². The molecule has 1 fully saturated rings. The molecule has 5 heteroatoms. The van der Waals surface area contributed by atoms with Crippen molar-refractivity contribution in [2.45, 2.75) is 31.7 Å². The van der Waals surface area contributed by atoms with Gasteiger partial charge in [0.2, 0.25) is 0 Å². The van der Waals surface area contributed by atoms with E-state index in [2.05, 4.69) is 5.32 Å². The first-order valence-electron chi connectivity index (χ1n) is 7.66. The molecule has 1 amide bonds. The van der Waals surface area contributed by atoms with E-state index in [0.29, 0.717) is 5.75 Å². The van der Waals surface area contributed by atoms with Crippen LogP contribution in [0.5, 0.6) is 5.75 Å². The minimum atomic E-state index is -0.148. The van der Waals surface area contributed by atoms with Gasteiger partial charge in [0.15, 0.2) is 6.61 Å². The molecule has 0 bridgehead atoms. The predicted octanol–water partition coefficient (Wildman–Crippen LogP) is 1.98. The van der Waals surface area contributed by atoms with Crippen molar-refractivity contribution in [1.82, 2.24) is 9.88 Å². The fraction of sp³-hybridized carbons (Fsp3) is 0.412. The lowest BCUT2D eigenvalue weighted by Crippen LogP contribution is -2.36. The third-order valence-corrected chi connectivity index (χ3v) is 4.20. The highest BCUT2D eigenvalue weighted by Gasteiger charge is 2.17. The third-order valence-electron chi connectivity index (χ3n) is 4.20. The number of para-hydroxylation sites is 1. The lowest BCUT2D eigenvalue weighted by molar-refractivity contribution is -0.123. The van der Waals surface area contributed by atoms with Gasteiger partial charge in [-0.2, -0.15) is 0 Å². The van der Waals surface area contributed by atoms with Gasteiger partial charge in [-0.25, -0.2) is 0 Å². The molecule has 2 aromatic rings. The highest BCUT2D eigenvalue weighted by atomic mass is 16.5. The standard InChI is InChI=1S/C17H20N2O3/c1-19-14-9-5-4-8-13(14)15(10-17(19)21)22-11-16(20)18-12-6-2-3-7-12/h4-5,8-10,12H,2-3,6-7,11H2,1H3,(H,18,20). The van der Waals surface area contributed by atoms with Crippen molar-refractivity contribution in [3.05, 3.63) is 40.7 Å². The second kappa shape index (κ2) is 6.22. The van der Waals surface area contributed by atoms with Gasteiger partial charge in [-0.3, -0.25) is 9.59 Å². The van der Waals surface area contributed by atoms with Crippen LogP contribution in [0.25, 0.3) is 10.9 Å². The molecule has 1 aliphatic carbocycles. The Morgan fingerprint density at radius 1 is 1.32 bits per heavy atom. The van der Waals surface area contributed by atoms with Gasteiger partial charge in [-0.1, -0.05) is 25.0 Å². The molecule has 0 unspecified atom stereocenters. The van der Waals surface area contributed by atoms with Crippen molar-refractivity contribution >= 4 is 16.8 Å². The minimum Gasteiger partial charge on any atom is -0.483 e. The number of aryl methyl sites for hydroxylation is 1. The molecule has 0 aliphatic heterocycles. The largest absolute Gasteiger partial charge is 0.483 e. The lowest BCUT2D eigenvalue weighted by atomic mass is 10.2. The maximum Gasteiger partial charge on any atom is 0.258 e. The molecular weight excluding hydrogens is 280 g/mol. The number of nitrogens with one attached hydrogen (secondary N) is 1. The number of nitrogens with zero attached hydrogens (tertiary/aromatic N) is 1. The summed E-state index contributed by atoms with van der Waals surface area (Å²) in [6.45, 7) is -0.0618. The zero-order chi connectivity index (χ0) is 15.5. The molecule has 22 heavy (non-hydrogen) atoms. The van der Waals surface area contributed by atoms with Crippen molar-refractivity contribution < 1.29 is 9.53 Å². The Kier molecular flexibility index (Phi) is 4.13. The van der Waals surface area contributed by atoms with E-state index < -0.39 is 0 Å². The van der Waals surface area contributed by atoms with E-state index >= 15 is 0 Å². The number of carbonyl (C=O) groups is 1. The molecule has 1 aromatic carbocycles. The van der Waals surface area contributed by atoms with Gasteiger partial charge in [-0.15, -0.1) is 0 Å². The van der Waals surface area contributed by atoms with Crippen LogP contribution in [0, 0.1) is 0 Å². The topological polar surface area (TPSA) is 60.3 Å². The van der Waals surface area contributed by atoms with Gasteiger partial charge in [0.1, 0.15) is 5.75 Å². The SMILES string of the molecule is Cn1c(=O)cc(OCC(=O)NC2CCCC2)c2ccccc21. The van der Waals surface area contributed by atoms with Crippen molar-refractivity contribution in [2.24, 2.45) is 7.05 Å². The predicted molar refractivity (Wildman–Crippen MR) is 85.1 cm³/mol. The molecule has 0 spiro atoms. The number of carbonyl (C=O) groups excluding carboxylic acids is 1. The maximum absolute atomic E-state index is 12.0. The molecule has 1 N–H and O–H groups in total. The van der Waals surface area contributed by atoms with Crippen LogP contribution in [0.1, 0.15) is 25.7 Å². The Hall–Kier alpha value is -2.30. The second-order valence-corrected chi connectivity index (χ2v) is 5.76. The summed E-state index contributed by atoms with van der Waals surface area (Å²) in [5.74, 6) is 0.330. The first kappa shape index (κ1) is 14.6. The number of fused-ring (bicyclic) bond motifs is 1. The minimum absolute atomic E-state index is 0.0618. The number of amides is 1. The summed E-state index contributed by atoms with van der Waals surface area (Å²) in [5, 5.41) is 3.81. The van der Waals surface area contributed by atoms with Gasteiger partial charge >= 0.3 is 0 Å². The summed E-state index contributed by atoms with van der Waals surface area (Å²) in [6.07, 6.45) is 4.43. The molecule has 3 rings (SSSR count). The summed E-state index contributed by atoms with van der Waals surface area (Å²) in [5.41, 5.74) is 0.645. The summed E-state index contributed by atoms with van der Waals surface area (Å²) in [4.78, 5) is 23.9. The smallest absolute Gasteiger partial charge is 0.258 e. The van der Waals surface area contributed by atoms with Crippen LogP contribution >= 0.6 is 0 Å². The van der Waals surface area contributed by atoms with E-state index in [-0.39, 0.29) is 24.1 Å². The Morgan fingerprint density at radius 2 is 2.05 bits per heavy atom. The van der Waals surface area contributed by atoms with Crippen molar-refractivity contribution in [3.8, 4) is 5.75 Å². The fourth-order valence-electron chi connectivity index (χ4n) is 2.98. The normalized spacial score (nSPS) is 15.1. The third kappa shape index (κ3) is 2.98. The average Bonchev–Trinajstić information content (AvgIpc) is 3.02. The zero-order valence-corrected chi connectivity index (χ0v) is 12.7. The zero-order valence-electron chi connectivity index (χ0n) is 12.7. The van der Waals surface area contributed by atoms with Crippen LogP contribution < -0.4 is 15.6 Å². The van der Waals surface area contributed by atoms with Gasteiger partial charge in [0, 0.05) is 24.5 Å². The van der Waals surface area contributed by atoms with Gasteiger partial charge < -0.3 is 14.6 Å². The maximum atomic E-state index is 12.0. The van der Waals surface area contributed by atoms with Crippen LogP contribution in [0.15, 0.2) is 35.1 Å². The number of hydrogen-bond acceptors (Lipinski definition) is 3. The molecule has 0 atom stereocenters. The number of rotatable bonds is 4. The molecule has 1 heterocycles. The summed E-state index contributed by atoms with van der Waals surface area (Å²) in [7, 11) is 1.72. The number of aromatic nitrogens is 1. The monoisotopic (exact) mass is 300 g/mol. The van der Waals surface area contributed by atoms with E-state index in [9.17, 15) is 9.59 Å². The molecule has 5 nitrogen and oxygen atoms in total. The van der Waals surface area contributed by atoms with Crippen LogP contribution in [0.4, 0.5) is 0 Å². The quantitative estimate of drug-likeness (QED) is 0.939. The Bertz CT molecular complexity index is 745. The van der Waals surface area contributed by atoms with Crippen LogP contribution in [-0.4, -0.2) is 23.1 Å². The van der Waals surface area contributed by atoms with E-state index in [4.69, 9.17) is 4.74 Å². The highest BCUT2D eigenvalue weighted by Crippen LogP contribution is 2.23. The van der Waals surface area contributed by atoms with Crippen molar-refractivity contribution in [1.29, 1.82) is 0 Å². The van der Waals surface area contributed by atoms with Gasteiger partial charge in [0.25, 0.3) is 11.5 Å². The molecule has 1 saturated carbocycles. The number of pyridine rings is 1. The van der Waals surface area contributed by atoms with E-state index in [0.717, 1.165) is 23.7 Å². The van der Waals surface area contributed by atoms with Crippen molar-refractivity contribution in [3.63, 3.8) is 0 Å². The first-order valence-corrected chi connectivity index (χ1v) is 7.66. The van der Waals surface area contributed by atoms with Crippen LogP contribution in [0.2, 0.25) is 0 Å². The summed E-state index contributed by atoms with van der Waals surface area (Å²) < 4.78 is 7.17. The number of benzene rings is 1. The summed E-state index contributed by atoms with van der Waals surface area (Å²) >= 11 is 0. The Labute approximate surface area is 128 Å². The summed E-state index contributed by atoms with van der Waals surface area (Å²) in [6, 6.07) is 9.22. The molecule has 0 saturated heterocycles. The molecule has 1 aliphatic rings. The molecular formula is C17H20N2O3.